The predicted molar refractivity (Wildman–Crippen MR) is 71.8 cm³/mol. The zero-order valence-corrected chi connectivity index (χ0v) is 11.4. The average molecular weight is 325 g/mol. The van der Waals surface area contributed by atoms with Gasteiger partial charge < -0.3 is 9.84 Å². The maximum Gasteiger partial charge on any atom is 0.335 e. The van der Waals surface area contributed by atoms with E-state index in [0.717, 1.165) is 22.2 Å². The first-order valence-electron chi connectivity index (χ1n) is 5.46. The Morgan fingerprint density at radius 2 is 1.89 bits per heavy atom. The van der Waals surface area contributed by atoms with Crippen LogP contribution >= 0.6 is 15.9 Å². The van der Waals surface area contributed by atoms with Gasteiger partial charge in [-0.2, -0.15) is 0 Å². The molecular weight excluding hydrogens is 315 g/mol. The van der Waals surface area contributed by atoms with Gasteiger partial charge in [0.1, 0.15) is 18.2 Å². The van der Waals surface area contributed by atoms with E-state index in [0.29, 0.717) is 0 Å². The summed E-state index contributed by atoms with van der Waals surface area (Å²) in [6.45, 7) is 0.246. The molecule has 0 radical (unpaired) electrons. The maximum atomic E-state index is 13.2. The summed E-state index contributed by atoms with van der Waals surface area (Å²) in [6.07, 6.45) is 0. The third-order valence-electron chi connectivity index (χ3n) is 2.44. The molecule has 0 atom stereocenters. The van der Waals surface area contributed by atoms with Crippen molar-refractivity contribution in [2.75, 3.05) is 0 Å². The van der Waals surface area contributed by atoms with Gasteiger partial charge in [0, 0.05) is 10.5 Å². The molecule has 0 amide bonds. The molecule has 0 fully saturated rings. The number of hydrogen-bond acceptors (Lipinski definition) is 2. The van der Waals surface area contributed by atoms with Crippen molar-refractivity contribution in [1.29, 1.82) is 0 Å². The molecule has 3 nitrogen and oxygen atoms in total. The Balaban J connectivity index is 2.11. The molecule has 19 heavy (non-hydrogen) atoms. The van der Waals surface area contributed by atoms with E-state index < -0.39 is 11.8 Å². The summed E-state index contributed by atoms with van der Waals surface area (Å²) < 4.78 is 19.6. The summed E-state index contributed by atoms with van der Waals surface area (Å²) in [5, 5.41) is 8.82. The number of halogens is 2. The van der Waals surface area contributed by atoms with E-state index in [1.54, 1.807) is 0 Å². The molecule has 98 valence electrons. The van der Waals surface area contributed by atoms with Crippen LogP contribution in [-0.2, 0) is 6.61 Å². The molecule has 2 rings (SSSR count). The lowest BCUT2D eigenvalue weighted by Gasteiger charge is -2.07. The highest BCUT2D eigenvalue weighted by atomic mass is 79.9. The number of hydrogen-bond donors (Lipinski definition) is 1. The molecule has 5 heteroatoms. The van der Waals surface area contributed by atoms with Gasteiger partial charge in [0.2, 0.25) is 0 Å². The second-order valence-corrected chi connectivity index (χ2v) is 4.81. The minimum Gasteiger partial charge on any atom is -0.489 e. The molecule has 2 aromatic rings. The Labute approximate surface area is 117 Å². The van der Waals surface area contributed by atoms with Crippen LogP contribution in [0.4, 0.5) is 4.39 Å². The molecule has 0 aliphatic carbocycles. The zero-order chi connectivity index (χ0) is 13.8. The van der Waals surface area contributed by atoms with Crippen LogP contribution in [0, 0.1) is 5.82 Å². The van der Waals surface area contributed by atoms with Crippen LogP contribution in [0.2, 0.25) is 0 Å². The highest BCUT2D eigenvalue weighted by Gasteiger charge is 2.08. The van der Waals surface area contributed by atoms with Crippen molar-refractivity contribution in [3.8, 4) is 5.75 Å². The van der Waals surface area contributed by atoms with E-state index >= 15 is 0 Å². The van der Waals surface area contributed by atoms with Crippen molar-refractivity contribution in [1.82, 2.24) is 0 Å². The number of carbonyl (C=O) groups is 1. The van der Waals surface area contributed by atoms with Crippen LogP contribution in [0.3, 0.4) is 0 Å². The smallest absolute Gasteiger partial charge is 0.335 e. The summed E-state index contributed by atoms with van der Waals surface area (Å²) in [6, 6.07) is 10.9. The zero-order valence-electron chi connectivity index (χ0n) is 9.77. The highest BCUT2D eigenvalue weighted by molar-refractivity contribution is 9.10. The first-order valence-corrected chi connectivity index (χ1v) is 6.25. The molecule has 0 aliphatic rings. The predicted octanol–water partition coefficient (Wildman–Crippen LogP) is 3.87. The molecule has 0 spiro atoms. The third kappa shape index (κ3) is 3.79. The van der Waals surface area contributed by atoms with E-state index in [-0.39, 0.29) is 17.9 Å². The van der Waals surface area contributed by atoms with Gasteiger partial charge in [-0.25, -0.2) is 9.18 Å². The largest absolute Gasteiger partial charge is 0.489 e. The van der Waals surface area contributed by atoms with Crippen molar-refractivity contribution in [3.63, 3.8) is 0 Å². The van der Waals surface area contributed by atoms with Crippen molar-refractivity contribution in [2.24, 2.45) is 0 Å². The normalized spacial score (nSPS) is 10.2. The van der Waals surface area contributed by atoms with Gasteiger partial charge in [-0.05, 0) is 29.8 Å². The fourth-order valence-electron chi connectivity index (χ4n) is 1.52. The van der Waals surface area contributed by atoms with Crippen LogP contribution in [-0.4, -0.2) is 11.1 Å². The maximum absolute atomic E-state index is 13.2. The topological polar surface area (TPSA) is 46.5 Å². The van der Waals surface area contributed by atoms with Crippen LogP contribution in [0.25, 0.3) is 0 Å². The number of benzene rings is 2. The highest BCUT2D eigenvalue weighted by Crippen LogP contribution is 2.18. The number of rotatable bonds is 4. The molecule has 0 saturated heterocycles. The van der Waals surface area contributed by atoms with Gasteiger partial charge in [-0.15, -0.1) is 0 Å². The lowest BCUT2D eigenvalue weighted by molar-refractivity contribution is 0.0695. The quantitative estimate of drug-likeness (QED) is 0.928. The second-order valence-electron chi connectivity index (χ2n) is 3.90. The van der Waals surface area contributed by atoms with Crippen LogP contribution in [0.5, 0.6) is 5.75 Å². The average Bonchev–Trinajstić information content (AvgIpc) is 2.37. The minimum atomic E-state index is -1.19. The summed E-state index contributed by atoms with van der Waals surface area (Å²) in [5.74, 6) is -1.63. The van der Waals surface area contributed by atoms with Crippen molar-refractivity contribution < 1.29 is 19.0 Å². The summed E-state index contributed by atoms with van der Waals surface area (Å²) in [5.41, 5.74) is 0.773. The minimum absolute atomic E-state index is 0.134. The van der Waals surface area contributed by atoms with Crippen molar-refractivity contribution >= 4 is 21.9 Å². The Morgan fingerprint density at radius 3 is 2.53 bits per heavy atom. The molecule has 1 N–H and O–H groups in total. The van der Waals surface area contributed by atoms with Crippen LogP contribution in [0.15, 0.2) is 46.9 Å². The third-order valence-corrected chi connectivity index (χ3v) is 2.97. The second kappa shape index (κ2) is 5.84. The summed E-state index contributed by atoms with van der Waals surface area (Å²) in [4.78, 5) is 10.8. The Kier molecular flexibility index (Phi) is 4.16. The monoisotopic (exact) mass is 324 g/mol. The first-order chi connectivity index (χ1) is 9.04. The standard InChI is InChI=1S/C14H10BrFO3/c15-11-3-1-9(2-4-11)8-19-13-6-10(14(17)18)5-12(16)7-13/h1-7H,8H2,(H,17,18). The first kappa shape index (κ1) is 13.5. The molecule has 0 unspecified atom stereocenters. The van der Waals surface area contributed by atoms with E-state index in [4.69, 9.17) is 9.84 Å². The van der Waals surface area contributed by atoms with E-state index in [1.807, 2.05) is 24.3 Å². The Morgan fingerprint density at radius 1 is 1.21 bits per heavy atom. The Bertz CT molecular complexity index is 596. The Hall–Kier alpha value is -1.88. The van der Waals surface area contributed by atoms with Crippen LogP contribution < -0.4 is 4.74 Å². The van der Waals surface area contributed by atoms with Gasteiger partial charge in [0.15, 0.2) is 0 Å². The summed E-state index contributed by atoms with van der Waals surface area (Å²) >= 11 is 3.32. The molecule has 2 aromatic carbocycles. The molecule has 0 aromatic heterocycles. The molecule has 0 aliphatic heterocycles. The lowest BCUT2D eigenvalue weighted by Crippen LogP contribution is -2.00. The fourth-order valence-corrected chi connectivity index (χ4v) is 1.78. The number of carboxylic acid groups (broad SMARTS) is 1. The SMILES string of the molecule is O=C(O)c1cc(F)cc(OCc2ccc(Br)cc2)c1. The van der Waals surface area contributed by atoms with Gasteiger partial charge in [-0.1, -0.05) is 28.1 Å². The fraction of sp³-hybridized carbons (Fsp3) is 0.0714. The van der Waals surface area contributed by atoms with Crippen LogP contribution in [0.1, 0.15) is 15.9 Å². The molecular formula is C14H10BrFO3. The van der Waals surface area contributed by atoms with E-state index in [1.165, 1.54) is 6.07 Å². The van der Waals surface area contributed by atoms with E-state index in [2.05, 4.69) is 15.9 Å². The van der Waals surface area contributed by atoms with Gasteiger partial charge in [0.25, 0.3) is 0 Å². The van der Waals surface area contributed by atoms with Gasteiger partial charge in [0.05, 0.1) is 5.56 Å². The summed E-state index contributed by atoms with van der Waals surface area (Å²) in [7, 11) is 0. The van der Waals surface area contributed by atoms with E-state index in [9.17, 15) is 9.18 Å². The molecule has 0 heterocycles. The van der Waals surface area contributed by atoms with Gasteiger partial charge >= 0.3 is 5.97 Å². The number of carboxylic acids is 1. The van der Waals surface area contributed by atoms with Crippen molar-refractivity contribution in [2.45, 2.75) is 6.61 Å². The number of ether oxygens (including phenoxy) is 1. The number of aromatic carboxylic acids is 1. The van der Waals surface area contributed by atoms with Gasteiger partial charge in [-0.3, -0.25) is 0 Å². The molecule has 0 bridgehead atoms. The van der Waals surface area contributed by atoms with Crippen molar-refractivity contribution in [3.05, 3.63) is 63.9 Å². The lowest BCUT2D eigenvalue weighted by atomic mass is 10.2. The molecule has 0 saturated carbocycles.